The molecule has 0 amide bonds. The van der Waals surface area contributed by atoms with Crippen LogP contribution in [0.15, 0.2) is 0 Å². The first kappa shape index (κ1) is 16.2. The molecule has 0 spiro atoms. The molecule has 7 heteroatoms. The van der Waals surface area contributed by atoms with Gasteiger partial charge in [0.1, 0.15) is 0 Å². The normalized spacial score (nSPS) is 9.93. The number of hydrogen-bond donors (Lipinski definition) is 1. The predicted molar refractivity (Wildman–Crippen MR) is 45.5 cm³/mol. The molecule has 0 atom stereocenters. The molecule has 0 aromatic carbocycles. The Hall–Kier alpha value is -1.27. The number of esters is 1. The van der Waals surface area contributed by atoms with Gasteiger partial charge in [-0.15, -0.1) is 0 Å². The van der Waals surface area contributed by atoms with Crippen LogP contribution in [0.2, 0.25) is 0 Å². The van der Waals surface area contributed by atoms with Crippen LogP contribution in [0.1, 0.15) is 20.3 Å². The van der Waals surface area contributed by atoms with Crippen molar-refractivity contribution in [1.82, 2.24) is 0 Å². The van der Waals surface area contributed by atoms with Crippen molar-refractivity contribution in [3.8, 4) is 0 Å². The van der Waals surface area contributed by atoms with E-state index < -0.39 is 31.0 Å². The molecule has 90 valence electrons. The molecule has 0 saturated heterocycles. The van der Waals surface area contributed by atoms with E-state index in [1.807, 2.05) is 0 Å². The van der Waals surface area contributed by atoms with Gasteiger partial charge in [-0.05, 0) is 6.92 Å². The highest BCUT2D eigenvalue weighted by molar-refractivity contribution is 5.75. The molecule has 0 fully saturated rings. The molecule has 0 aliphatic carbocycles. The third-order valence-electron chi connectivity index (χ3n) is 1.17. The molecule has 1 N–H and O–H groups in total. The molecular formula is C8H13F3O4. The minimum Gasteiger partial charge on any atom is -0.477 e. The number of ether oxygens (including phenoxy) is 1. The molecular weight excluding hydrogens is 217 g/mol. The third kappa shape index (κ3) is 9.04. The van der Waals surface area contributed by atoms with E-state index in [9.17, 15) is 22.8 Å². The van der Waals surface area contributed by atoms with Crippen molar-refractivity contribution in [3.63, 3.8) is 0 Å². The molecule has 0 radical (unpaired) electrons. The molecule has 0 bridgehead atoms. The summed E-state index contributed by atoms with van der Waals surface area (Å²) in [4.78, 5) is 19.3. The fraction of sp³-hybridized carbons (Fsp3) is 0.750. The summed E-state index contributed by atoms with van der Waals surface area (Å²) in [5, 5.41) is 7.69. The fourth-order valence-corrected chi connectivity index (χ4v) is 0.351. The smallest absolute Gasteiger partial charge is 0.374 e. The molecule has 0 rings (SSSR count). The highest BCUT2D eigenvalue weighted by Crippen LogP contribution is 2.16. The van der Waals surface area contributed by atoms with E-state index >= 15 is 0 Å². The van der Waals surface area contributed by atoms with E-state index in [-0.39, 0.29) is 6.61 Å². The lowest BCUT2D eigenvalue weighted by molar-refractivity contribution is -0.165. The number of rotatable bonds is 4. The minimum absolute atomic E-state index is 0.253. The van der Waals surface area contributed by atoms with Gasteiger partial charge < -0.3 is 9.84 Å². The number of carboxylic acids is 1. The maximum Gasteiger partial charge on any atom is 0.374 e. The van der Waals surface area contributed by atoms with Gasteiger partial charge in [0.05, 0.1) is 6.61 Å². The first-order chi connectivity index (χ1) is 6.81. The number of hydrogen-bond acceptors (Lipinski definition) is 3. The Morgan fingerprint density at radius 3 is 1.87 bits per heavy atom. The number of carbonyl (C=O) groups is 2. The maximum absolute atomic E-state index is 11.7. The molecule has 0 saturated carbocycles. The first-order valence-electron chi connectivity index (χ1n) is 4.14. The van der Waals surface area contributed by atoms with E-state index in [1.54, 1.807) is 6.92 Å². The molecule has 0 aliphatic rings. The molecule has 0 aromatic heterocycles. The summed E-state index contributed by atoms with van der Waals surface area (Å²) in [6, 6.07) is 0. The highest BCUT2D eigenvalue weighted by Gasteiger charge is 2.35. The van der Waals surface area contributed by atoms with E-state index in [0.717, 1.165) is 6.92 Å². The Morgan fingerprint density at radius 1 is 1.33 bits per heavy atom. The van der Waals surface area contributed by atoms with Crippen LogP contribution >= 0.6 is 0 Å². The fourth-order valence-electron chi connectivity index (χ4n) is 0.351. The minimum atomic E-state index is -3.54. The van der Waals surface area contributed by atoms with Crippen LogP contribution in [0.3, 0.4) is 0 Å². The van der Waals surface area contributed by atoms with Crippen molar-refractivity contribution in [2.24, 2.45) is 0 Å². The summed E-state index contributed by atoms with van der Waals surface area (Å²) in [6.07, 6.45) is -0.650. The van der Waals surface area contributed by atoms with Gasteiger partial charge in [0.25, 0.3) is 0 Å². The zero-order chi connectivity index (χ0) is 12.5. The van der Waals surface area contributed by atoms with Crippen LogP contribution in [-0.2, 0) is 14.3 Å². The van der Waals surface area contributed by atoms with Gasteiger partial charge in [-0.1, -0.05) is 6.92 Å². The van der Waals surface area contributed by atoms with Crippen molar-refractivity contribution in [2.75, 3.05) is 13.3 Å². The second-order valence-corrected chi connectivity index (χ2v) is 2.30. The number of aliphatic carboxylic acids is 1. The van der Waals surface area contributed by atoms with Gasteiger partial charge in [0, 0.05) is 6.42 Å². The summed E-state index contributed by atoms with van der Waals surface area (Å²) < 4.78 is 38.6. The van der Waals surface area contributed by atoms with Gasteiger partial charge >= 0.3 is 17.9 Å². The summed E-state index contributed by atoms with van der Waals surface area (Å²) in [7, 11) is 0. The summed E-state index contributed by atoms with van der Waals surface area (Å²) in [5.74, 6) is -6.39. The van der Waals surface area contributed by atoms with Crippen molar-refractivity contribution in [2.45, 2.75) is 26.2 Å². The van der Waals surface area contributed by atoms with Crippen molar-refractivity contribution >= 4 is 11.9 Å². The monoisotopic (exact) mass is 230 g/mol. The lowest BCUT2D eigenvalue weighted by atomic mass is 10.3. The topological polar surface area (TPSA) is 63.6 Å². The number of alkyl halides is 3. The van der Waals surface area contributed by atoms with Gasteiger partial charge in [0.15, 0.2) is 6.67 Å². The average Bonchev–Trinajstić information content (AvgIpc) is 2.19. The summed E-state index contributed by atoms with van der Waals surface area (Å²) >= 11 is 0. The van der Waals surface area contributed by atoms with Crippen LogP contribution in [-0.4, -0.2) is 36.2 Å². The van der Waals surface area contributed by atoms with E-state index in [2.05, 4.69) is 4.74 Å². The van der Waals surface area contributed by atoms with E-state index in [1.165, 1.54) is 0 Å². The molecule has 15 heavy (non-hydrogen) atoms. The van der Waals surface area contributed by atoms with Crippen molar-refractivity contribution < 1.29 is 32.6 Å². The summed E-state index contributed by atoms with van der Waals surface area (Å²) in [5.41, 5.74) is 0. The Bertz CT molecular complexity index is 206. The van der Waals surface area contributed by atoms with Crippen LogP contribution in [0.4, 0.5) is 13.2 Å². The largest absolute Gasteiger partial charge is 0.477 e. The third-order valence-corrected chi connectivity index (χ3v) is 1.17. The molecule has 0 aliphatic heterocycles. The SMILES string of the molecule is CCC(F)(F)C(=O)O.CCOC(=O)CF. The van der Waals surface area contributed by atoms with Crippen LogP contribution < -0.4 is 0 Å². The second kappa shape index (κ2) is 8.07. The lowest BCUT2D eigenvalue weighted by Crippen LogP contribution is -2.26. The predicted octanol–water partition coefficient (Wildman–Crippen LogP) is 1.64. The van der Waals surface area contributed by atoms with Gasteiger partial charge in [-0.2, -0.15) is 8.78 Å². The lowest BCUT2D eigenvalue weighted by Gasteiger charge is -2.04. The van der Waals surface area contributed by atoms with Crippen molar-refractivity contribution in [1.29, 1.82) is 0 Å². The molecule has 0 aromatic rings. The number of carboxylic acid groups (broad SMARTS) is 1. The Morgan fingerprint density at radius 2 is 1.80 bits per heavy atom. The maximum atomic E-state index is 11.7. The van der Waals surface area contributed by atoms with E-state index in [0.29, 0.717) is 0 Å². The number of carbonyl (C=O) groups excluding carboxylic acids is 1. The average molecular weight is 230 g/mol. The van der Waals surface area contributed by atoms with E-state index in [4.69, 9.17) is 5.11 Å². The molecule has 4 nitrogen and oxygen atoms in total. The van der Waals surface area contributed by atoms with Gasteiger partial charge in [0.2, 0.25) is 0 Å². The number of halogens is 3. The molecule has 0 unspecified atom stereocenters. The highest BCUT2D eigenvalue weighted by atomic mass is 19.3. The first-order valence-corrected chi connectivity index (χ1v) is 4.14. The standard InChI is InChI=1S/C4H6F2O2.C4H7FO2/c1-2-4(5,6)3(7)8;1-2-7-4(6)3-5/h2H2,1H3,(H,7,8);2-3H2,1H3. The zero-order valence-electron chi connectivity index (χ0n) is 8.43. The zero-order valence-corrected chi connectivity index (χ0v) is 8.43. The van der Waals surface area contributed by atoms with Crippen LogP contribution in [0.5, 0.6) is 0 Å². The van der Waals surface area contributed by atoms with Crippen LogP contribution in [0.25, 0.3) is 0 Å². The van der Waals surface area contributed by atoms with Gasteiger partial charge in [-0.25, -0.2) is 14.0 Å². The second-order valence-electron chi connectivity index (χ2n) is 2.30. The quantitative estimate of drug-likeness (QED) is 0.745. The Balaban J connectivity index is 0. The van der Waals surface area contributed by atoms with Crippen LogP contribution in [0, 0.1) is 0 Å². The Kier molecular flexibility index (Phi) is 8.70. The summed E-state index contributed by atoms with van der Waals surface area (Å²) in [6.45, 7) is 1.98. The van der Waals surface area contributed by atoms with Gasteiger partial charge in [-0.3, -0.25) is 0 Å². The Labute approximate surface area is 85.0 Å². The van der Waals surface area contributed by atoms with Crippen molar-refractivity contribution in [3.05, 3.63) is 0 Å². The molecule has 0 heterocycles.